The molecule has 1 aliphatic heterocycles. The molecule has 0 atom stereocenters. The maximum absolute atomic E-state index is 8.95. The van der Waals surface area contributed by atoms with E-state index in [9.17, 15) is 0 Å². The second kappa shape index (κ2) is 6.68. The van der Waals surface area contributed by atoms with E-state index < -0.39 is 0 Å². The molecule has 2 heterocycles. The van der Waals surface area contributed by atoms with Crippen molar-refractivity contribution in [3.05, 3.63) is 12.4 Å². The molecule has 2 rings (SSSR count). The van der Waals surface area contributed by atoms with Crippen LogP contribution in [0.3, 0.4) is 0 Å². The first-order valence-electron chi connectivity index (χ1n) is 6.78. The Morgan fingerprint density at radius 1 is 1.42 bits per heavy atom. The number of nitrogens with one attached hydrogen (secondary N) is 1. The van der Waals surface area contributed by atoms with Crippen LogP contribution in [-0.4, -0.2) is 66.4 Å². The SMILES string of the molecule is CN1CCC(Nc2cc(N(C)CCO)ncn2)CC1. The van der Waals surface area contributed by atoms with Crippen molar-refractivity contribution in [2.75, 3.05) is 50.6 Å². The number of likely N-dealkylation sites (tertiary alicyclic amines) is 1. The molecule has 19 heavy (non-hydrogen) atoms. The Balaban J connectivity index is 1.95. The smallest absolute Gasteiger partial charge is 0.133 e. The molecule has 0 unspecified atom stereocenters. The lowest BCUT2D eigenvalue weighted by Gasteiger charge is -2.30. The van der Waals surface area contributed by atoms with Crippen molar-refractivity contribution in [3.63, 3.8) is 0 Å². The van der Waals surface area contributed by atoms with E-state index in [0.717, 1.165) is 37.6 Å². The van der Waals surface area contributed by atoms with Crippen molar-refractivity contribution >= 4 is 11.6 Å². The number of hydrogen-bond donors (Lipinski definition) is 2. The standard InChI is InChI=1S/C13H23N5O/c1-17-5-3-11(4-6-17)16-12-9-13(15-10-14-12)18(2)7-8-19/h9-11,19H,3-8H2,1-2H3,(H,14,15,16). The van der Waals surface area contributed by atoms with Crippen LogP contribution in [0.1, 0.15) is 12.8 Å². The third-order valence-electron chi connectivity index (χ3n) is 3.55. The number of aromatic nitrogens is 2. The van der Waals surface area contributed by atoms with E-state index in [1.54, 1.807) is 6.33 Å². The maximum Gasteiger partial charge on any atom is 0.133 e. The number of aliphatic hydroxyl groups is 1. The van der Waals surface area contributed by atoms with E-state index in [2.05, 4.69) is 27.2 Å². The summed E-state index contributed by atoms with van der Waals surface area (Å²) < 4.78 is 0. The molecule has 1 saturated heterocycles. The molecule has 0 spiro atoms. The normalized spacial score (nSPS) is 17.4. The average molecular weight is 265 g/mol. The zero-order chi connectivity index (χ0) is 13.7. The topological polar surface area (TPSA) is 64.5 Å². The zero-order valence-corrected chi connectivity index (χ0v) is 11.7. The fourth-order valence-corrected chi connectivity index (χ4v) is 2.26. The van der Waals surface area contributed by atoms with E-state index in [1.807, 2.05) is 18.0 Å². The van der Waals surface area contributed by atoms with Gasteiger partial charge >= 0.3 is 0 Å². The molecular formula is C13H23N5O. The van der Waals surface area contributed by atoms with Crippen LogP contribution in [0.2, 0.25) is 0 Å². The van der Waals surface area contributed by atoms with E-state index in [1.165, 1.54) is 0 Å². The predicted molar refractivity (Wildman–Crippen MR) is 76.5 cm³/mol. The first kappa shape index (κ1) is 14.0. The molecule has 0 aliphatic carbocycles. The average Bonchev–Trinajstić information content (AvgIpc) is 2.42. The van der Waals surface area contributed by atoms with Crippen LogP contribution < -0.4 is 10.2 Å². The van der Waals surface area contributed by atoms with Gasteiger partial charge in [0.2, 0.25) is 0 Å². The summed E-state index contributed by atoms with van der Waals surface area (Å²) in [4.78, 5) is 12.8. The van der Waals surface area contributed by atoms with Gasteiger partial charge in [0.15, 0.2) is 0 Å². The highest BCUT2D eigenvalue weighted by atomic mass is 16.3. The summed E-state index contributed by atoms with van der Waals surface area (Å²) in [5.74, 6) is 1.70. The van der Waals surface area contributed by atoms with Crippen LogP contribution in [0.25, 0.3) is 0 Å². The van der Waals surface area contributed by atoms with Gasteiger partial charge in [0.25, 0.3) is 0 Å². The molecule has 1 fully saturated rings. The molecule has 2 N–H and O–H groups in total. The largest absolute Gasteiger partial charge is 0.395 e. The van der Waals surface area contributed by atoms with Crippen molar-refractivity contribution in [3.8, 4) is 0 Å². The van der Waals surface area contributed by atoms with E-state index >= 15 is 0 Å². The summed E-state index contributed by atoms with van der Waals surface area (Å²) in [6.45, 7) is 2.95. The van der Waals surface area contributed by atoms with Gasteiger partial charge < -0.3 is 20.2 Å². The van der Waals surface area contributed by atoms with Gasteiger partial charge in [-0.3, -0.25) is 0 Å². The molecule has 0 amide bonds. The third-order valence-corrected chi connectivity index (χ3v) is 3.55. The van der Waals surface area contributed by atoms with Gasteiger partial charge in [-0.25, -0.2) is 9.97 Å². The third kappa shape index (κ3) is 4.04. The maximum atomic E-state index is 8.95. The first-order valence-corrected chi connectivity index (χ1v) is 6.78. The lowest BCUT2D eigenvalue weighted by atomic mass is 10.1. The zero-order valence-electron chi connectivity index (χ0n) is 11.7. The number of aliphatic hydroxyl groups excluding tert-OH is 1. The lowest BCUT2D eigenvalue weighted by molar-refractivity contribution is 0.263. The lowest BCUT2D eigenvalue weighted by Crippen LogP contribution is -2.36. The van der Waals surface area contributed by atoms with Gasteiger partial charge in [0.1, 0.15) is 18.0 Å². The van der Waals surface area contributed by atoms with Gasteiger partial charge in [-0.15, -0.1) is 0 Å². The van der Waals surface area contributed by atoms with Gasteiger partial charge in [-0.05, 0) is 33.0 Å². The van der Waals surface area contributed by atoms with Gasteiger partial charge in [0.05, 0.1) is 6.61 Å². The van der Waals surface area contributed by atoms with Crippen LogP contribution in [0, 0.1) is 0 Å². The summed E-state index contributed by atoms with van der Waals surface area (Å²) in [6, 6.07) is 2.43. The fourth-order valence-electron chi connectivity index (χ4n) is 2.26. The van der Waals surface area contributed by atoms with Gasteiger partial charge in [0, 0.05) is 25.7 Å². The molecule has 6 heteroatoms. The Morgan fingerprint density at radius 3 is 2.84 bits per heavy atom. The Kier molecular flexibility index (Phi) is 4.93. The van der Waals surface area contributed by atoms with Crippen molar-refractivity contribution in [1.29, 1.82) is 0 Å². The molecule has 1 aromatic rings. The van der Waals surface area contributed by atoms with E-state index in [-0.39, 0.29) is 6.61 Å². The van der Waals surface area contributed by atoms with Crippen LogP contribution >= 0.6 is 0 Å². The van der Waals surface area contributed by atoms with Crippen LogP contribution in [0.4, 0.5) is 11.6 Å². The highest BCUT2D eigenvalue weighted by Gasteiger charge is 2.17. The minimum absolute atomic E-state index is 0.123. The first-order chi connectivity index (χ1) is 9.19. The number of likely N-dealkylation sites (N-methyl/N-ethyl adjacent to an activating group) is 1. The van der Waals surface area contributed by atoms with Crippen LogP contribution in [0.5, 0.6) is 0 Å². The molecule has 1 aliphatic rings. The minimum Gasteiger partial charge on any atom is -0.395 e. The second-order valence-electron chi connectivity index (χ2n) is 5.13. The van der Waals surface area contributed by atoms with Crippen LogP contribution in [0.15, 0.2) is 12.4 Å². The summed E-state index contributed by atoms with van der Waals surface area (Å²) in [6.07, 6.45) is 3.85. The molecule has 106 valence electrons. The van der Waals surface area contributed by atoms with Crippen molar-refractivity contribution in [2.45, 2.75) is 18.9 Å². The highest BCUT2D eigenvalue weighted by Crippen LogP contribution is 2.17. The number of nitrogens with zero attached hydrogens (tertiary/aromatic N) is 4. The quantitative estimate of drug-likeness (QED) is 0.804. The van der Waals surface area contributed by atoms with Crippen molar-refractivity contribution < 1.29 is 5.11 Å². The number of piperidine rings is 1. The molecule has 0 aromatic carbocycles. The molecule has 1 aromatic heterocycles. The Labute approximate surface area is 114 Å². The van der Waals surface area contributed by atoms with Gasteiger partial charge in [-0.2, -0.15) is 0 Å². The molecule has 0 radical (unpaired) electrons. The second-order valence-corrected chi connectivity index (χ2v) is 5.13. The van der Waals surface area contributed by atoms with Crippen molar-refractivity contribution in [1.82, 2.24) is 14.9 Å². The highest BCUT2D eigenvalue weighted by molar-refractivity contribution is 5.48. The Hall–Kier alpha value is -1.40. The fraction of sp³-hybridized carbons (Fsp3) is 0.692. The summed E-state index contributed by atoms with van der Waals surface area (Å²) in [7, 11) is 4.07. The number of rotatable bonds is 5. The number of anilines is 2. The van der Waals surface area contributed by atoms with Crippen molar-refractivity contribution in [2.24, 2.45) is 0 Å². The van der Waals surface area contributed by atoms with E-state index in [4.69, 9.17) is 5.11 Å². The van der Waals surface area contributed by atoms with E-state index in [0.29, 0.717) is 12.6 Å². The summed E-state index contributed by atoms with van der Waals surface area (Å²) >= 11 is 0. The Morgan fingerprint density at radius 2 is 2.16 bits per heavy atom. The summed E-state index contributed by atoms with van der Waals surface area (Å²) in [5, 5.41) is 12.4. The molecular weight excluding hydrogens is 242 g/mol. The van der Waals surface area contributed by atoms with Gasteiger partial charge in [-0.1, -0.05) is 0 Å². The van der Waals surface area contributed by atoms with Crippen LogP contribution in [-0.2, 0) is 0 Å². The minimum atomic E-state index is 0.123. The monoisotopic (exact) mass is 265 g/mol. The summed E-state index contributed by atoms with van der Waals surface area (Å²) in [5.41, 5.74) is 0. The molecule has 0 bridgehead atoms. The number of hydrogen-bond acceptors (Lipinski definition) is 6. The molecule has 6 nitrogen and oxygen atoms in total. The Bertz CT molecular complexity index is 392. The molecule has 0 saturated carbocycles. The predicted octanol–water partition coefficient (Wildman–Crippen LogP) is 0.411.